The van der Waals surface area contributed by atoms with Gasteiger partial charge in [-0.15, -0.1) is 0 Å². The maximum atomic E-state index is 2.33. The number of rotatable bonds is 0. The van der Waals surface area contributed by atoms with Gasteiger partial charge in [0.2, 0.25) is 0 Å². The number of hydrogen-bond donors (Lipinski definition) is 0. The molecule has 0 aliphatic rings. The predicted molar refractivity (Wildman–Crippen MR) is 88.4 cm³/mol. The maximum Gasteiger partial charge on any atom is -0.00987 e. The molecule has 0 heterocycles. The predicted octanol–water partition coefficient (Wildman–Crippen LogP) is 5.76. The van der Waals surface area contributed by atoms with E-state index in [-0.39, 0.29) is 0 Å². The van der Waals surface area contributed by atoms with Gasteiger partial charge in [-0.25, -0.2) is 0 Å². The highest BCUT2D eigenvalue weighted by Gasteiger charge is 2.07. The molecule has 0 nitrogen and oxygen atoms in total. The Hall–Kier alpha value is -2.34. The van der Waals surface area contributed by atoms with Crippen LogP contribution >= 0.6 is 0 Å². The van der Waals surface area contributed by atoms with E-state index in [0.717, 1.165) is 0 Å². The zero-order valence-corrected chi connectivity index (χ0v) is 11.8. The van der Waals surface area contributed by atoms with Crippen LogP contribution in [0.15, 0.2) is 60.7 Å². The Morgan fingerprint density at radius 1 is 0.550 bits per heavy atom. The molecule has 4 rings (SSSR count). The quantitative estimate of drug-likeness (QED) is 0.277. The molecule has 0 aromatic heterocycles. The van der Waals surface area contributed by atoms with Gasteiger partial charge in [0, 0.05) is 0 Å². The summed E-state index contributed by atoms with van der Waals surface area (Å²) in [6, 6.07) is 22.1. The molecule has 4 aromatic carbocycles. The van der Waals surface area contributed by atoms with Crippen molar-refractivity contribution in [2.45, 2.75) is 13.8 Å². The van der Waals surface area contributed by atoms with Crippen LogP contribution < -0.4 is 0 Å². The van der Waals surface area contributed by atoms with Crippen molar-refractivity contribution in [3.8, 4) is 0 Å². The van der Waals surface area contributed by atoms with E-state index >= 15 is 0 Å². The van der Waals surface area contributed by atoms with E-state index in [1.165, 1.54) is 43.4 Å². The summed E-state index contributed by atoms with van der Waals surface area (Å²) in [5.41, 5.74) is 2.72. The number of aryl methyl sites for hydroxylation is 2. The number of fused-ring (bicyclic) bond motifs is 4. The average molecular weight is 256 g/mol. The summed E-state index contributed by atoms with van der Waals surface area (Å²) in [5.74, 6) is 0. The summed E-state index contributed by atoms with van der Waals surface area (Å²) in [6.07, 6.45) is 0. The zero-order chi connectivity index (χ0) is 13.7. The van der Waals surface area contributed by atoms with Gasteiger partial charge in [-0.05, 0) is 69.4 Å². The Bertz CT molecular complexity index is 962. The van der Waals surface area contributed by atoms with Gasteiger partial charge in [-0.3, -0.25) is 0 Å². The van der Waals surface area contributed by atoms with Crippen LogP contribution in [0.1, 0.15) is 11.1 Å². The summed E-state index contributed by atoms with van der Waals surface area (Å²) in [5, 5.41) is 8.08. The molecule has 96 valence electrons. The Morgan fingerprint density at radius 2 is 1.30 bits per heavy atom. The molecule has 0 amide bonds. The molecule has 0 bridgehead atoms. The third-order valence-electron chi connectivity index (χ3n) is 4.25. The van der Waals surface area contributed by atoms with E-state index in [2.05, 4.69) is 74.5 Å². The highest BCUT2D eigenvalue weighted by Crippen LogP contribution is 2.33. The van der Waals surface area contributed by atoms with Crippen molar-refractivity contribution in [1.29, 1.82) is 0 Å². The van der Waals surface area contributed by atoms with Gasteiger partial charge >= 0.3 is 0 Å². The minimum absolute atomic E-state index is 1.31. The van der Waals surface area contributed by atoms with Gasteiger partial charge in [0.15, 0.2) is 0 Å². The summed E-state index contributed by atoms with van der Waals surface area (Å²) in [7, 11) is 0. The van der Waals surface area contributed by atoms with Crippen LogP contribution in [0.5, 0.6) is 0 Å². The molecular weight excluding hydrogens is 240 g/mol. The van der Waals surface area contributed by atoms with Crippen molar-refractivity contribution in [2.24, 2.45) is 0 Å². The molecule has 0 saturated carbocycles. The van der Waals surface area contributed by atoms with Gasteiger partial charge in [-0.1, -0.05) is 48.5 Å². The summed E-state index contributed by atoms with van der Waals surface area (Å²) in [6.45, 7) is 4.41. The smallest absolute Gasteiger partial charge is 0.00987 e. The Labute approximate surface area is 118 Å². The molecular formula is C20H16. The van der Waals surface area contributed by atoms with Crippen LogP contribution in [0.2, 0.25) is 0 Å². The molecule has 0 radical (unpaired) electrons. The number of benzene rings is 4. The molecule has 0 unspecified atom stereocenters. The van der Waals surface area contributed by atoms with E-state index in [1.807, 2.05) is 0 Å². The van der Waals surface area contributed by atoms with Crippen molar-refractivity contribution in [2.75, 3.05) is 0 Å². The lowest BCUT2D eigenvalue weighted by atomic mass is 9.93. The summed E-state index contributed by atoms with van der Waals surface area (Å²) < 4.78 is 0. The van der Waals surface area contributed by atoms with Crippen molar-refractivity contribution in [3.05, 3.63) is 71.8 Å². The molecule has 0 aliphatic heterocycles. The van der Waals surface area contributed by atoms with E-state index in [4.69, 9.17) is 0 Å². The fourth-order valence-electron chi connectivity index (χ4n) is 3.33. The van der Waals surface area contributed by atoms with E-state index < -0.39 is 0 Å². The molecule has 0 aliphatic carbocycles. The third-order valence-corrected chi connectivity index (χ3v) is 4.25. The minimum Gasteiger partial charge on any atom is -0.0616 e. The van der Waals surface area contributed by atoms with Gasteiger partial charge < -0.3 is 0 Å². The highest BCUT2D eigenvalue weighted by atomic mass is 14.1. The van der Waals surface area contributed by atoms with Gasteiger partial charge in [0.1, 0.15) is 0 Å². The monoisotopic (exact) mass is 256 g/mol. The van der Waals surface area contributed by atoms with Crippen LogP contribution in [-0.2, 0) is 0 Å². The lowest BCUT2D eigenvalue weighted by molar-refractivity contribution is 1.48. The van der Waals surface area contributed by atoms with Crippen LogP contribution in [-0.4, -0.2) is 0 Å². The summed E-state index contributed by atoms with van der Waals surface area (Å²) in [4.78, 5) is 0. The van der Waals surface area contributed by atoms with Crippen LogP contribution in [0.4, 0.5) is 0 Å². The van der Waals surface area contributed by atoms with Crippen LogP contribution in [0.25, 0.3) is 32.3 Å². The maximum absolute atomic E-state index is 2.33. The largest absolute Gasteiger partial charge is 0.0616 e. The highest BCUT2D eigenvalue weighted by molar-refractivity contribution is 6.13. The normalized spacial score (nSPS) is 11.5. The van der Waals surface area contributed by atoms with Crippen molar-refractivity contribution in [3.63, 3.8) is 0 Å². The molecule has 0 heteroatoms. The fraction of sp³-hybridized carbons (Fsp3) is 0.100. The average Bonchev–Trinajstić information content (AvgIpc) is 2.45. The Balaban J connectivity index is 2.29. The van der Waals surface area contributed by atoms with Gasteiger partial charge in [0.05, 0.1) is 0 Å². The Kier molecular flexibility index (Phi) is 2.34. The molecule has 0 saturated heterocycles. The van der Waals surface area contributed by atoms with Crippen molar-refractivity contribution < 1.29 is 0 Å². The van der Waals surface area contributed by atoms with E-state index in [1.54, 1.807) is 0 Å². The standard InChI is InChI=1S/C20H16/c1-13-6-5-9-18-19-12-16-8-4-3-7-15(16)11-17(19)10-14(2)20(13)18/h3-12H,1-2H3. The summed E-state index contributed by atoms with van der Waals surface area (Å²) >= 11 is 0. The molecule has 4 aromatic rings. The zero-order valence-electron chi connectivity index (χ0n) is 11.8. The van der Waals surface area contributed by atoms with Crippen LogP contribution in [0, 0.1) is 13.8 Å². The molecule has 20 heavy (non-hydrogen) atoms. The fourth-order valence-corrected chi connectivity index (χ4v) is 3.33. The van der Waals surface area contributed by atoms with Gasteiger partial charge in [0.25, 0.3) is 0 Å². The van der Waals surface area contributed by atoms with Crippen molar-refractivity contribution >= 4 is 32.3 Å². The SMILES string of the molecule is Cc1cccc2c1c(C)cc1cc3ccccc3cc12. The second-order valence-corrected chi connectivity index (χ2v) is 5.61. The Morgan fingerprint density at radius 3 is 2.10 bits per heavy atom. The van der Waals surface area contributed by atoms with Crippen molar-refractivity contribution in [1.82, 2.24) is 0 Å². The minimum atomic E-state index is 1.31. The first-order valence-electron chi connectivity index (χ1n) is 7.05. The molecule has 0 N–H and O–H groups in total. The molecule has 0 atom stereocenters. The first-order valence-corrected chi connectivity index (χ1v) is 7.05. The third kappa shape index (κ3) is 1.55. The van der Waals surface area contributed by atoms with E-state index in [9.17, 15) is 0 Å². The second kappa shape index (κ2) is 4.08. The second-order valence-electron chi connectivity index (χ2n) is 5.61. The molecule has 0 spiro atoms. The van der Waals surface area contributed by atoms with Gasteiger partial charge in [-0.2, -0.15) is 0 Å². The lowest BCUT2D eigenvalue weighted by Crippen LogP contribution is -1.86. The molecule has 0 fully saturated rings. The van der Waals surface area contributed by atoms with Crippen LogP contribution in [0.3, 0.4) is 0 Å². The topological polar surface area (TPSA) is 0 Å². The van der Waals surface area contributed by atoms with E-state index in [0.29, 0.717) is 0 Å². The number of hydrogen-bond acceptors (Lipinski definition) is 0. The first-order chi connectivity index (χ1) is 9.74. The lowest BCUT2D eigenvalue weighted by Gasteiger charge is -2.11. The first kappa shape index (κ1) is 11.5.